The number of furan rings is 1. The van der Waals surface area contributed by atoms with Crippen LogP contribution in [-0.4, -0.2) is 22.4 Å². The van der Waals surface area contributed by atoms with E-state index in [9.17, 15) is 4.79 Å². The van der Waals surface area contributed by atoms with Crippen LogP contribution < -0.4 is 10.7 Å². The summed E-state index contributed by atoms with van der Waals surface area (Å²) in [6.07, 6.45) is 1.49. The molecule has 0 saturated heterocycles. The van der Waals surface area contributed by atoms with Gasteiger partial charge in [0, 0.05) is 11.3 Å². The third kappa shape index (κ3) is 4.55. The Morgan fingerprint density at radius 1 is 1.08 bits per heavy atom. The summed E-state index contributed by atoms with van der Waals surface area (Å²) in [5, 5.41) is 16.4. The third-order valence-corrected chi connectivity index (χ3v) is 3.60. The van der Waals surface area contributed by atoms with Crippen LogP contribution in [0.15, 0.2) is 76.2 Å². The van der Waals surface area contributed by atoms with Crippen LogP contribution in [0.5, 0.6) is 0 Å². The van der Waals surface area contributed by atoms with Crippen molar-refractivity contribution in [2.75, 3.05) is 5.32 Å². The zero-order valence-electron chi connectivity index (χ0n) is 13.5. The van der Waals surface area contributed by atoms with Crippen molar-refractivity contribution in [2.45, 2.75) is 0 Å². The Morgan fingerprint density at radius 3 is 2.65 bits per heavy atom. The Bertz CT molecular complexity index is 951. The summed E-state index contributed by atoms with van der Waals surface area (Å²) in [6.45, 7) is 0. The van der Waals surface area contributed by atoms with Gasteiger partial charge >= 0.3 is 5.97 Å². The van der Waals surface area contributed by atoms with Gasteiger partial charge in [-0.15, -0.1) is 0 Å². The van der Waals surface area contributed by atoms with Gasteiger partial charge in [-0.2, -0.15) is 5.10 Å². The standard InChI is InChI=1S/C19H15N3O3S/c23-18(24)14-6-4-5-13(11-14)17-10-9-16(25-17)12-20-22-19(26)21-15-7-2-1-3-8-15/h1-12H,(H,23,24)(H2,21,22,26)/b20-12-. The molecule has 2 aromatic carbocycles. The minimum atomic E-state index is -0.983. The van der Waals surface area contributed by atoms with E-state index in [1.54, 1.807) is 30.3 Å². The number of carboxylic acid groups (broad SMARTS) is 1. The molecule has 3 aromatic rings. The van der Waals surface area contributed by atoms with Crippen molar-refractivity contribution in [3.63, 3.8) is 0 Å². The number of aromatic carboxylic acids is 1. The van der Waals surface area contributed by atoms with Gasteiger partial charge < -0.3 is 14.8 Å². The number of nitrogens with zero attached hydrogens (tertiary/aromatic N) is 1. The lowest BCUT2D eigenvalue weighted by atomic mass is 10.1. The third-order valence-electron chi connectivity index (χ3n) is 3.41. The van der Waals surface area contributed by atoms with Gasteiger partial charge in [-0.05, 0) is 48.6 Å². The van der Waals surface area contributed by atoms with Crippen LogP contribution in [-0.2, 0) is 0 Å². The predicted molar refractivity (Wildman–Crippen MR) is 104 cm³/mol. The number of para-hydroxylation sites is 1. The number of hydrazone groups is 1. The summed E-state index contributed by atoms with van der Waals surface area (Å²) in [4.78, 5) is 11.0. The fourth-order valence-corrected chi connectivity index (χ4v) is 2.39. The topological polar surface area (TPSA) is 86.9 Å². The summed E-state index contributed by atoms with van der Waals surface area (Å²) >= 11 is 5.15. The maximum atomic E-state index is 11.0. The molecule has 1 heterocycles. The number of hydrogen-bond donors (Lipinski definition) is 3. The van der Waals surface area contributed by atoms with Gasteiger partial charge in [0.25, 0.3) is 0 Å². The summed E-state index contributed by atoms with van der Waals surface area (Å²) < 4.78 is 5.66. The molecule has 0 amide bonds. The first-order chi connectivity index (χ1) is 12.6. The fourth-order valence-electron chi connectivity index (χ4n) is 2.22. The Hall–Kier alpha value is -3.45. The highest BCUT2D eigenvalue weighted by Gasteiger charge is 2.07. The van der Waals surface area contributed by atoms with Crippen molar-refractivity contribution in [3.8, 4) is 11.3 Å². The van der Waals surface area contributed by atoms with Gasteiger partial charge in [-0.25, -0.2) is 4.79 Å². The van der Waals surface area contributed by atoms with E-state index < -0.39 is 5.97 Å². The second-order valence-electron chi connectivity index (χ2n) is 5.28. The lowest BCUT2D eigenvalue weighted by Crippen LogP contribution is -2.23. The lowest BCUT2D eigenvalue weighted by Gasteiger charge is -2.05. The highest BCUT2D eigenvalue weighted by molar-refractivity contribution is 7.80. The maximum absolute atomic E-state index is 11.0. The first kappa shape index (κ1) is 17.4. The van der Waals surface area contributed by atoms with E-state index in [-0.39, 0.29) is 5.56 Å². The summed E-state index contributed by atoms with van der Waals surface area (Å²) in [6, 6.07) is 19.5. The number of hydrogen-bond acceptors (Lipinski definition) is 4. The number of carbonyl (C=O) groups is 1. The second kappa shape index (κ2) is 8.09. The zero-order chi connectivity index (χ0) is 18.4. The normalized spacial score (nSPS) is 10.6. The van der Waals surface area contributed by atoms with Gasteiger partial charge in [0.05, 0.1) is 11.8 Å². The largest absolute Gasteiger partial charge is 0.478 e. The van der Waals surface area contributed by atoms with Crippen molar-refractivity contribution in [2.24, 2.45) is 5.10 Å². The molecule has 0 aliphatic carbocycles. The maximum Gasteiger partial charge on any atom is 0.335 e. The minimum absolute atomic E-state index is 0.202. The van der Waals surface area contributed by atoms with Gasteiger partial charge in [0.1, 0.15) is 11.5 Å². The molecule has 0 radical (unpaired) electrons. The van der Waals surface area contributed by atoms with E-state index in [0.717, 1.165) is 5.69 Å². The van der Waals surface area contributed by atoms with Crippen LogP contribution in [0.1, 0.15) is 16.1 Å². The smallest absolute Gasteiger partial charge is 0.335 e. The Kier molecular flexibility index (Phi) is 5.40. The molecule has 0 unspecified atom stereocenters. The van der Waals surface area contributed by atoms with Crippen LogP contribution >= 0.6 is 12.2 Å². The molecule has 3 rings (SSSR count). The van der Waals surface area contributed by atoms with E-state index in [4.69, 9.17) is 21.7 Å². The molecule has 26 heavy (non-hydrogen) atoms. The predicted octanol–water partition coefficient (Wildman–Crippen LogP) is 3.97. The van der Waals surface area contributed by atoms with Gasteiger partial charge in [0.15, 0.2) is 5.11 Å². The van der Waals surface area contributed by atoms with Crippen molar-refractivity contribution >= 4 is 35.2 Å². The van der Waals surface area contributed by atoms with E-state index in [2.05, 4.69) is 15.8 Å². The average Bonchev–Trinajstić information content (AvgIpc) is 3.11. The zero-order valence-corrected chi connectivity index (χ0v) is 14.4. The molecule has 7 heteroatoms. The minimum Gasteiger partial charge on any atom is -0.478 e. The van der Waals surface area contributed by atoms with Crippen LogP contribution in [0.2, 0.25) is 0 Å². The lowest BCUT2D eigenvalue weighted by molar-refractivity contribution is 0.0697. The summed E-state index contributed by atoms with van der Waals surface area (Å²) in [5.74, 6) is 0.0825. The van der Waals surface area contributed by atoms with Crippen LogP contribution in [0.3, 0.4) is 0 Å². The summed E-state index contributed by atoms with van der Waals surface area (Å²) in [7, 11) is 0. The molecular formula is C19H15N3O3S. The molecule has 0 spiro atoms. The highest BCUT2D eigenvalue weighted by Crippen LogP contribution is 2.22. The van der Waals surface area contributed by atoms with Crippen molar-refractivity contribution < 1.29 is 14.3 Å². The highest BCUT2D eigenvalue weighted by atomic mass is 32.1. The van der Waals surface area contributed by atoms with Crippen LogP contribution in [0, 0.1) is 0 Å². The molecule has 0 bridgehead atoms. The summed E-state index contributed by atoms with van der Waals surface area (Å²) in [5.41, 5.74) is 4.45. The van der Waals surface area contributed by atoms with Crippen LogP contribution in [0.25, 0.3) is 11.3 Å². The van der Waals surface area contributed by atoms with Crippen LogP contribution in [0.4, 0.5) is 5.69 Å². The number of nitrogens with one attached hydrogen (secondary N) is 2. The molecule has 0 aliphatic rings. The van der Waals surface area contributed by atoms with E-state index >= 15 is 0 Å². The quantitative estimate of drug-likeness (QED) is 0.360. The first-order valence-electron chi connectivity index (χ1n) is 7.70. The molecule has 1 aromatic heterocycles. The second-order valence-corrected chi connectivity index (χ2v) is 5.69. The van der Waals surface area contributed by atoms with Gasteiger partial charge in [-0.1, -0.05) is 30.3 Å². The Balaban J connectivity index is 1.61. The Morgan fingerprint density at radius 2 is 1.88 bits per heavy atom. The van der Waals surface area contributed by atoms with Crippen molar-refractivity contribution in [3.05, 3.63) is 78.1 Å². The van der Waals surface area contributed by atoms with E-state index in [1.165, 1.54) is 12.3 Å². The molecule has 0 aliphatic heterocycles. The SMILES string of the molecule is O=C(O)c1cccc(-c2ccc(/C=N\NC(=S)Nc3ccccc3)o2)c1. The van der Waals surface area contributed by atoms with Gasteiger partial charge in [0.2, 0.25) is 0 Å². The van der Waals surface area contributed by atoms with Crippen molar-refractivity contribution in [1.82, 2.24) is 5.43 Å². The molecular weight excluding hydrogens is 350 g/mol. The number of benzene rings is 2. The molecule has 6 nitrogen and oxygen atoms in total. The molecule has 0 saturated carbocycles. The van der Waals surface area contributed by atoms with E-state index in [1.807, 2.05) is 30.3 Å². The van der Waals surface area contributed by atoms with E-state index in [0.29, 0.717) is 22.2 Å². The monoisotopic (exact) mass is 365 g/mol. The molecule has 3 N–H and O–H groups in total. The molecule has 0 atom stereocenters. The molecule has 130 valence electrons. The number of carboxylic acids is 1. The first-order valence-corrected chi connectivity index (χ1v) is 8.11. The van der Waals surface area contributed by atoms with Gasteiger partial charge in [-0.3, -0.25) is 5.43 Å². The fraction of sp³-hybridized carbons (Fsp3) is 0. The number of rotatable bonds is 5. The Labute approximate surface area is 155 Å². The molecule has 0 fully saturated rings. The number of anilines is 1. The average molecular weight is 365 g/mol. The number of thiocarbonyl (C=S) groups is 1. The van der Waals surface area contributed by atoms with Crippen molar-refractivity contribution in [1.29, 1.82) is 0 Å².